The van der Waals surface area contributed by atoms with E-state index in [1.807, 2.05) is 13.0 Å². The number of thiophene rings is 1. The van der Waals surface area contributed by atoms with E-state index in [0.717, 1.165) is 10.0 Å². The highest BCUT2D eigenvalue weighted by Gasteiger charge is 2.23. The highest BCUT2D eigenvalue weighted by Crippen LogP contribution is 2.30. The maximum Gasteiger partial charge on any atom is 0.263 e. The van der Waals surface area contributed by atoms with Crippen molar-refractivity contribution in [3.8, 4) is 0 Å². The minimum atomic E-state index is -3.69. The number of rotatable bonds is 4. The van der Waals surface area contributed by atoms with Crippen molar-refractivity contribution in [2.24, 2.45) is 0 Å². The molecule has 0 radical (unpaired) electrons. The van der Waals surface area contributed by atoms with Gasteiger partial charge in [-0.1, -0.05) is 15.9 Å². The number of anilines is 1. The van der Waals surface area contributed by atoms with Crippen molar-refractivity contribution in [1.82, 2.24) is 0 Å². The highest BCUT2D eigenvalue weighted by atomic mass is 79.9. The molecule has 0 saturated heterocycles. The average Bonchev–Trinajstić information content (AvgIpc) is 2.75. The lowest BCUT2D eigenvalue weighted by molar-refractivity contribution is 0.282. The Kier molecular flexibility index (Phi) is 4.53. The Bertz CT molecular complexity index is 738. The molecule has 1 heterocycles. The van der Waals surface area contributed by atoms with Gasteiger partial charge in [0.15, 0.2) is 0 Å². The summed E-state index contributed by atoms with van der Waals surface area (Å²) < 4.78 is 28.4. The number of hydrogen-bond acceptors (Lipinski definition) is 4. The number of aliphatic hydroxyl groups excluding tert-OH is 1. The number of benzene rings is 1. The second kappa shape index (κ2) is 5.85. The second-order valence-electron chi connectivity index (χ2n) is 4.39. The summed E-state index contributed by atoms with van der Waals surface area (Å²) in [5, 5.41) is 11.0. The second-order valence-corrected chi connectivity index (χ2v) is 7.89. The minimum absolute atomic E-state index is 0.173. The normalized spacial score (nSPS) is 11.6. The summed E-state index contributed by atoms with van der Waals surface area (Å²) >= 11 is 4.58. The van der Waals surface area contributed by atoms with E-state index >= 15 is 0 Å². The third-order valence-corrected chi connectivity index (χ3v) is 6.14. The number of aliphatic hydroxyl groups is 1. The molecule has 0 unspecified atom stereocenters. The highest BCUT2D eigenvalue weighted by molar-refractivity contribution is 9.10. The Hall–Kier alpha value is -0.890. The summed E-state index contributed by atoms with van der Waals surface area (Å²) in [5.41, 5.74) is 1.99. The van der Waals surface area contributed by atoms with Crippen molar-refractivity contribution >= 4 is 43.0 Å². The van der Waals surface area contributed by atoms with Gasteiger partial charge in [0.2, 0.25) is 0 Å². The molecule has 0 spiro atoms. The predicted molar refractivity (Wildman–Crippen MR) is 84.7 cm³/mol. The van der Waals surface area contributed by atoms with Gasteiger partial charge in [0.25, 0.3) is 10.0 Å². The maximum absolute atomic E-state index is 12.5. The molecule has 0 saturated carbocycles. The van der Waals surface area contributed by atoms with Gasteiger partial charge >= 0.3 is 0 Å². The van der Waals surface area contributed by atoms with Crippen molar-refractivity contribution in [2.45, 2.75) is 25.3 Å². The monoisotopic (exact) mass is 375 g/mol. The van der Waals surface area contributed by atoms with Crippen molar-refractivity contribution < 1.29 is 13.5 Å². The summed E-state index contributed by atoms with van der Waals surface area (Å²) in [5.74, 6) is 0. The minimum Gasteiger partial charge on any atom is -0.391 e. The fourth-order valence-corrected chi connectivity index (χ4v) is 5.17. The number of halogens is 1. The van der Waals surface area contributed by atoms with Crippen LogP contribution in [0.1, 0.15) is 16.0 Å². The molecule has 0 fully saturated rings. The zero-order chi connectivity index (χ0) is 14.9. The standard InChI is InChI=1S/C13H14BrNO3S2/c1-8-5-10(14)3-4-11(8)15-20(17,18)13-9(2)7-19-12(13)6-16/h3-5,7,15-16H,6H2,1-2H3. The average molecular weight is 376 g/mol. The van der Waals surface area contributed by atoms with Crippen LogP contribution >= 0.6 is 27.3 Å². The van der Waals surface area contributed by atoms with Crippen molar-refractivity contribution in [1.29, 1.82) is 0 Å². The van der Waals surface area contributed by atoms with Crippen LogP contribution in [0.4, 0.5) is 5.69 Å². The summed E-state index contributed by atoms with van der Waals surface area (Å²) in [4.78, 5) is 0.622. The molecule has 0 bridgehead atoms. The lowest BCUT2D eigenvalue weighted by Gasteiger charge is -2.12. The molecule has 20 heavy (non-hydrogen) atoms. The lowest BCUT2D eigenvalue weighted by atomic mass is 10.2. The van der Waals surface area contributed by atoms with Gasteiger partial charge in [-0.05, 0) is 48.6 Å². The molecule has 0 aliphatic heterocycles. The van der Waals surface area contributed by atoms with Gasteiger partial charge in [0.1, 0.15) is 4.90 Å². The summed E-state index contributed by atoms with van der Waals surface area (Å²) in [7, 11) is -3.69. The molecule has 0 atom stereocenters. The maximum atomic E-state index is 12.5. The Morgan fingerprint density at radius 1 is 1.30 bits per heavy atom. The molecule has 1 aromatic heterocycles. The van der Waals surface area contributed by atoms with Crippen LogP contribution < -0.4 is 4.72 Å². The number of sulfonamides is 1. The third-order valence-electron chi connectivity index (χ3n) is 2.83. The Morgan fingerprint density at radius 2 is 2.00 bits per heavy atom. The van der Waals surface area contributed by atoms with E-state index in [1.54, 1.807) is 24.4 Å². The van der Waals surface area contributed by atoms with Gasteiger partial charge in [0.05, 0.1) is 17.2 Å². The van der Waals surface area contributed by atoms with E-state index in [1.165, 1.54) is 11.3 Å². The van der Waals surface area contributed by atoms with Crippen LogP contribution in [0.5, 0.6) is 0 Å². The molecule has 2 rings (SSSR count). The van der Waals surface area contributed by atoms with Crippen LogP contribution in [0.3, 0.4) is 0 Å². The summed E-state index contributed by atoms with van der Waals surface area (Å²) in [6, 6.07) is 5.32. The Morgan fingerprint density at radius 3 is 2.60 bits per heavy atom. The zero-order valence-electron chi connectivity index (χ0n) is 11.0. The molecule has 0 amide bonds. The molecule has 7 heteroatoms. The van der Waals surface area contributed by atoms with E-state index in [-0.39, 0.29) is 11.5 Å². The van der Waals surface area contributed by atoms with Crippen molar-refractivity contribution in [3.63, 3.8) is 0 Å². The zero-order valence-corrected chi connectivity index (χ0v) is 14.2. The first-order valence-corrected chi connectivity index (χ1v) is 8.97. The van der Waals surface area contributed by atoms with Crippen LogP contribution in [-0.4, -0.2) is 13.5 Å². The third kappa shape index (κ3) is 3.06. The van der Waals surface area contributed by atoms with E-state index in [9.17, 15) is 13.5 Å². The van der Waals surface area contributed by atoms with Gasteiger partial charge in [-0.2, -0.15) is 0 Å². The topological polar surface area (TPSA) is 66.4 Å². The van der Waals surface area contributed by atoms with Gasteiger partial charge in [-0.25, -0.2) is 8.42 Å². The molecule has 1 aromatic carbocycles. The van der Waals surface area contributed by atoms with Gasteiger partial charge in [-0.3, -0.25) is 4.72 Å². The van der Waals surface area contributed by atoms with Crippen LogP contribution in [0.25, 0.3) is 0 Å². The first kappa shape index (κ1) is 15.5. The Labute approximate surface area is 130 Å². The number of nitrogens with one attached hydrogen (secondary N) is 1. The molecule has 2 N–H and O–H groups in total. The van der Waals surface area contributed by atoms with Crippen molar-refractivity contribution in [3.05, 3.63) is 44.1 Å². The van der Waals surface area contributed by atoms with E-state index < -0.39 is 10.0 Å². The van der Waals surface area contributed by atoms with Crippen LogP contribution in [0.15, 0.2) is 32.9 Å². The fourth-order valence-electron chi connectivity index (χ4n) is 1.89. The molecule has 0 aliphatic carbocycles. The van der Waals surface area contributed by atoms with Gasteiger partial charge < -0.3 is 5.11 Å². The van der Waals surface area contributed by atoms with E-state index in [4.69, 9.17) is 0 Å². The van der Waals surface area contributed by atoms with E-state index in [0.29, 0.717) is 16.1 Å². The molecule has 0 aliphatic rings. The molecular weight excluding hydrogens is 362 g/mol. The summed E-state index contributed by atoms with van der Waals surface area (Å²) in [6.45, 7) is 3.27. The van der Waals surface area contributed by atoms with Crippen LogP contribution in [0, 0.1) is 13.8 Å². The SMILES string of the molecule is Cc1cc(Br)ccc1NS(=O)(=O)c1c(C)csc1CO. The molecule has 4 nitrogen and oxygen atoms in total. The predicted octanol–water partition coefficient (Wildman–Crippen LogP) is 3.42. The van der Waals surface area contributed by atoms with Gasteiger partial charge in [-0.15, -0.1) is 11.3 Å². The lowest BCUT2D eigenvalue weighted by Crippen LogP contribution is -2.15. The number of hydrogen-bond donors (Lipinski definition) is 2. The first-order valence-electron chi connectivity index (χ1n) is 5.82. The quantitative estimate of drug-likeness (QED) is 0.859. The smallest absolute Gasteiger partial charge is 0.263 e. The first-order chi connectivity index (χ1) is 9.35. The van der Waals surface area contributed by atoms with Gasteiger partial charge in [0, 0.05) is 4.47 Å². The molecule has 2 aromatic rings. The molecular formula is C13H14BrNO3S2. The Balaban J connectivity index is 2.43. The van der Waals surface area contributed by atoms with Crippen LogP contribution in [-0.2, 0) is 16.6 Å². The number of aryl methyl sites for hydroxylation is 2. The fraction of sp³-hybridized carbons (Fsp3) is 0.231. The molecule has 108 valence electrons. The summed E-state index contributed by atoms with van der Waals surface area (Å²) in [6.07, 6.45) is 0. The van der Waals surface area contributed by atoms with E-state index in [2.05, 4.69) is 20.7 Å². The van der Waals surface area contributed by atoms with Crippen LogP contribution in [0.2, 0.25) is 0 Å². The largest absolute Gasteiger partial charge is 0.391 e. The van der Waals surface area contributed by atoms with Crippen molar-refractivity contribution in [2.75, 3.05) is 4.72 Å².